The summed E-state index contributed by atoms with van der Waals surface area (Å²) in [7, 11) is 3.26. The number of hydrogen-bond donors (Lipinski definition) is 1. The fraction of sp³-hybridized carbons (Fsp3) is 0.240. The summed E-state index contributed by atoms with van der Waals surface area (Å²) in [6, 6.07) is 19.8. The van der Waals surface area contributed by atoms with Crippen LogP contribution in [0.25, 0.3) is 10.9 Å². The van der Waals surface area contributed by atoms with E-state index in [9.17, 15) is 0 Å². The van der Waals surface area contributed by atoms with Gasteiger partial charge in [0.05, 0.1) is 19.7 Å². The molecule has 5 rings (SSSR count). The Kier molecular flexibility index (Phi) is 5.80. The maximum Gasteiger partial charge on any atom is 0.228 e. The van der Waals surface area contributed by atoms with Gasteiger partial charge in [0.15, 0.2) is 11.5 Å². The Hall–Kier alpha value is -4.07. The van der Waals surface area contributed by atoms with Crippen molar-refractivity contribution in [1.82, 2.24) is 15.0 Å². The Morgan fingerprint density at radius 3 is 2.18 bits per heavy atom. The van der Waals surface area contributed by atoms with Gasteiger partial charge in [-0.05, 0) is 30.3 Å². The Balaban J connectivity index is 1.49. The number of pyridine rings is 1. The zero-order chi connectivity index (χ0) is 22.6. The summed E-state index contributed by atoms with van der Waals surface area (Å²) in [6.07, 6.45) is 1.83. The first-order valence-electron chi connectivity index (χ1n) is 10.9. The summed E-state index contributed by atoms with van der Waals surface area (Å²) < 4.78 is 11.0. The lowest BCUT2D eigenvalue weighted by molar-refractivity contribution is 0.356. The maximum atomic E-state index is 5.52. The Labute approximate surface area is 192 Å². The van der Waals surface area contributed by atoms with E-state index in [0.717, 1.165) is 54.4 Å². The van der Waals surface area contributed by atoms with Crippen LogP contribution in [0.5, 0.6) is 11.5 Å². The number of ether oxygens (including phenoxy) is 2. The number of rotatable bonds is 6. The van der Waals surface area contributed by atoms with Crippen LogP contribution in [0.15, 0.2) is 66.9 Å². The van der Waals surface area contributed by atoms with Gasteiger partial charge >= 0.3 is 0 Å². The highest BCUT2D eigenvalue weighted by atomic mass is 16.5. The quantitative estimate of drug-likeness (QED) is 0.478. The molecule has 8 heteroatoms. The predicted molar refractivity (Wildman–Crippen MR) is 131 cm³/mol. The van der Waals surface area contributed by atoms with Crippen molar-refractivity contribution in [3.8, 4) is 11.5 Å². The van der Waals surface area contributed by atoms with Gasteiger partial charge in [-0.3, -0.25) is 0 Å². The minimum absolute atomic E-state index is 0.639. The van der Waals surface area contributed by atoms with Gasteiger partial charge in [0.2, 0.25) is 5.95 Å². The summed E-state index contributed by atoms with van der Waals surface area (Å²) in [5.41, 5.74) is 1.75. The van der Waals surface area contributed by atoms with Gasteiger partial charge in [-0.25, -0.2) is 9.97 Å². The average Bonchev–Trinajstić information content (AvgIpc) is 2.89. The van der Waals surface area contributed by atoms with Crippen LogP contribution < -0.4 is 24.6 Å². The molecule has 33 heavy (non-hydrogen) atoms. The number of para-hydroxylation sites is 1. The van der Waals surface area contributed by atoms with E-state index >= 15 is 0 Å². The van der Waals surface area contributed by atoms with E-state index in [-0.39, 0.29) is 0 Å². The Morgan fingerprint density at radius 2 is 1.48 bits per heavy atom. The summed E-state index contributed by atoms with van der Waals surface area (Å²) in [5.74, 6) is 3.70. The Morgan fingerprint density at radius 1 is 0.788 bits per heavy atom. The number of methoxy groups -OCH3 is 2. The molecule has 2 aromatic carbocycles. The molecule has 0 amide bonds. The minimum atomic E-state index is 0.639. The van der Waals surface area contributed by atoms with Crippen molar-refractivity contribution in [2.75, 3.05) is 55.5 Å². The van der Waals surface area contributed by atoms with Crippen molar-refractivity contribution in [2.24, 2.45) is 0 Å². The molecule has 1 aliphatic rings. The molecule has 3 heterocycles. The number of anilines is 4. The van der Waals surface area contributed by atoms with E-state index in [4.69, 9.17) is 19.4 Å². The summed E-state index contributed by atoms with van der Waals surface area (Å²) in [6.45, 7) is 3.32. The molecule has 0 saturated carbocycles. The topological polar surface area (TPSA) is 75.6 Å². The molecule has 1 N–H and O–H groups in total. The SMILES string of the molecule is COc1cc2nc(N3CCN(c4ccccn4)CC3)nc(Nc3ccccc3)c2cc1OC. The fourth-order valence-electron chi connectivity index (χ4n) is 4.01. The molecule has 0 aliphatic carbocycles. The van der Waals surface area contributed by atoms with Crippen LogP contribution >= 0.6 is 0 Å². The van der Waals surface area contributed by atoms with Gasteiger partial charge in [0.25, 0.3) is 0 Å². The number of aromatic nitrogens is 3. The predicted octanol–water partition coefficient (Wildman–Crippen LogP) is 4.11. The first-order chi connectivity index (χ1) is 16.2. The third-order valence-corrected chi connectivity index (χ3v) is 5.76. The lowest BCUT2D eigenvalue weighted by Gasteiger charge is -2.35. The van der Waals surface area contributed by atoms with Crippen LogP contribution in [-0.2, 0) is 0 Å². The third kappa shape index (κ3) is 4.32. The summed E-state index contributed by atoms with van der Waals surface area (Å²) in [4.78, 5) is 18.8. The van der Waals surface area contributed by atoms with Gasteiger partial charge in [0, 0.05) is 49.5 Å². The second kappa shape index (κ2) is 9.20. The number of benzene rings is 2. The summed E-state index contributed by atoms with van der Waals surface area (Å²) in [5, 5.41) is 4.32. The number of fused-ring (bicyclic) bond motifs is 1. The maximum absolute atomic E-state index is 5.52. The monoisotopic (exact) mass is 442 g/mol. The van der Waals surface area contributed by atoms with Gasteiger partial charge in [0.1, 0.15) is 11.6 Å². The molecule has 4 aromatic rings. The smallest absolute Gasteiger partial charge is 0.228 e. The van der Waals surface area contributed by atoms with Crippen molar-refractivity contribution in [3.63, 3.8) is 0 Å². The van der Waals surface area contributed by atoms with E-state index in [1.807, 2.05) is 66.9 Å². The number of hydrogen-bond acceptors (Lipinski definition) is 8. The molecule has 0 atom stereocenters. The van der Waals surface area contributed by atoms with Crippen molar-refractivity contribution < 1.29 is 9.47 Å². The molecule has 2 aromatic heterocycles. The van der Waals surface area contributed by atoms with Crippen LogP contribution in [0, 0.1) is 0 Å². The zero-order valence-corrected chi connectivity index (χ0v) is 18.7. The minimum Gasteiger partial charge on any atom is -0.493 e. The van der Waals surface area contributed by atoms with Crippen LogP contribution in [0.1, 0.15) is 0 Å². The first-order valence-corrected chi connectivity index (χ1v) is 10.9. The molecule has 1 aliphatic heterocycles. The van der Waals surface area contributed by atoms with E-state index in [1.54, 1.807) is 14.2 Å². The molecule has 1 fully saturated rings. The molecule has 168 valence electrons. The lowest BCUT2D eigenvalue weighted by Crippen LogP contribution is -2.47. The lowest BCUT2D eigenvalue weighted by atomic mass is 10.2. The molecule has 1 saturated heterocycles. The number of piperazine rings is 1. The number of nitrogens with one attached hydrogen (secondary N) is 1. The second-order valence-corrected chi connectivity index (χ2v) is 7.75. The van der Waals surface area contributed by atoms with Crippen LogP contribution in [0.3, 0.4) is 0 Å². The highest BCUT2D eigenvalue weighted by molar-refractivity contribution is 5.94. The normalized spacial score (nSPS) is 13.8. The van der Waals surface area contributed by atoms with Gasteiger partial charge in [-0.2, -0.15) is 4.98 Å². The van der Waals surface area contributed by atoms with Crippen molar-refractivity contribution in [2.45, 2.75) is 0 Å². The molecule has 8 nitrogen and oxygen atoms in total. The summed E-state index contributed by atoms with van der Waals surface area (Å²) >= 11 is 0. The largest absolute Gasteiger partial charge is 0.493 e. The van der Waals surface area contributed by atoms with Gasteiger partial charge in [-0.1, -0.05) is 24.3 Å². The number of nitrogens with zero attached hydrogens (tertiary/aromatic N) is 5. The standard InChI is InChI=1S/C25H26N6O2/c1-32-21-16-19-20(17-22(21)33-2)28-25(29-24(19)27-18-8-4-3-5-9-18)31-14-12-30(13-15-31)23-10-6-7-11-26-23/h3-11,16-17H,12-15H2,1-2H3,(H,27,28,29). The van der Waals surface area contributed by atoms with Gasteiger partial charge in [-0.15, -0.1) is 0 Å². The van der Waals surface area contributed by atoms with Crippen molar-refractivity contribution >= 4 is 34.2 Å². The third-order valence-electron chi connectivity index (χ3n) is 5.76. The van der Waals surface area contributed by atoms with Crippen LogP contribution in [0.4, 0.5) is 23.3 Å². The van der Waals surface area contributed by atoms with E-state index in [0.29, 0.717) is 17.4 Å². The van der Waals surface area contributed by atoms with Crippen molar-refractivity contribution in [1.29, 1.82) is 0 Å². The van der Waals surface area contributed by atoms with Crippen molar-refractivity contribution in [3.05, 3.63) is 66.9 Å². The van der Waals surface area contributed by atoms with E-state index in [1.165, 1.54) is 0 Å². The van der Waals surface area contributed by atoms with E-state index < -0.39 is 0 Å². The first kappa shape index (κ1) is 20.8. The highest BCUT2D eigenvalue weighted by Gasteiger charge is 2.22. The van der Waals surface area contributed by atoms with E-state index in [2.05, 4.69) is 20.1 Å². The molecule has 0 bridgehead atoms. The highest BCUT2D eigenvalue weighted by Crippen LogP contribution is 2.36. The van der Waals surface area contributed by atoms with Crippen LogP contribution in [-0.4, -0.2) is 55.4 Å². The Bertz CT molecular complexity index is 1230. The molecular formula is C25H26N6O2. The average molecular weight is 443 g/mol. The molecule has 0 radical (unpaired) electrons. The zero-order valence-electron chi connectivity index (χ0n) is 18.7. The second-order valence-electron chi connectivity index (χ2n) is 7.75. The molecule has 0 unspecified atom stereocenters. The molecular weight excluding hydrogens is 416 g/mol. The molecule has 0 spiro atoms. The fourth-order valence-corrected chi connectivity index (χ4v) is 4.01. The van der Waals surface area contributed by atoms with Crippen LogP contribution in [0.2, 0.25) is 0 Å². The van der Waals surface area contributed by atoms with Gasteiger partial charge < -0.3 is 24.6 Å².